The van der Waals surface area contributed by atoms with Gasteiger partial charge in [0, 0.05) is 43.9 Å². The van der Waals surface area contributed by atoms with Gasteiger partial charge in [0.05, 0.1) is 0 Å². The van der Waals surface area contributed by atoms with Crippen molar-refractivity contribution >= 4 is 11.9 Å². The number of piperazine rings is 1. The van der Waals surface area contributed by atoms with Crippen molar-refractivity contribution in [1.82, 2.24) is 15.1 Å². The fourth-order valence-electron chi connectivity index (χ4n) is 2.86. The maximum Gasteiger partial charge on any atom is 0.410 e. The molecule has 3 rings (SSSR count). The molecule has 1 N–H and O–H groups in total. The first-order valence-electron chi connectivity index (χ1n) is 8.20. The predicted molar refractivity (Wildman–Crippen MR) is 85.2 cm³/mol. The molecule has 2 heterocycles. The van der Waals surface area contributed by atoms with Gasteiger partial charge in [0.2, 0.25) is 0 Å². The van der Waals surface area contributed by atoms with E-state index in [0.717, 1.165) is 18.9 Å². The summed E-state index contributed by atoms with van der Waals surface area (Å²) in [6, 6.07) is 2.17. The molecule has 1 aliphatic carbocycles. The highest BCUT2D eigenvalue weighted by Crippen LogP contribution is 2.36. The zero-order valence-corrected chi connectivity index (χ0v) is 13.8. The van der Waals surface area contributed by atoms with E-state index in [4.69, 9.17) is 4.74 Å². The standard InChI is InChI=1S/C16H26N4O2/c1-16(2,3)22-15(21)20-9-7-19(8-10-20)14-11-13(17-18-14)12-5-4-6-12/h11-12H,4-10H2,1-3H3,(H,17,18). The third-order valence-corrected chi connectivity index (χ3v) is 4.38. The summed E-state index contributed by atoms with van der Waals surface area (Å²) in [5, 5.41) is 7.61. The number of carbonyl (C=O) groups excluding carboxylic acids is 1. The Kier molecular flexibility index (Phi) is 4.02. The van der Waals surface area contributed by atoms with Crippen LogP contribution in [0.2, 0.25) is 0 Å². The molecule has 1 aromatic heterocycles. The number of ether oxygens (including phenoxy) is 1. The van der Waals surface area contributed by atoms with Gasteiger partial charge in [-0.05, 0) is 33.6 Å². The highest BCUT2D eigenvalue weighted by atomic mass is 16.6. The van der Waals surface area contributed by atoms with Crippen molar-refractivity contribution < 1.29 is 9.53 Å². The largest absolute Gasteiger partial charge is 0.444 e. The summed E-state index contributed by atoms with van der Waals surface area (Å²) in [4.78, 5) is 16.1. The first-order chi connectivity index (χ1) is 10.4. The number of aromatic amines is 1. The molecule has 2 aliphatic rings. The van der Waals surface area contributed by atoms with E-state index in [1.54, 1.807) is 4.90 Å². The van der Waals surface area contributed by atoms with E-state index in [-0.39, 0.29) is 6.09 Å². The number of carbonyl (C=O) groups is 1. The van der Waals surface area contributed by atoms with E-state index in [1.165, 1.54) is 25.0 Å². The van der Waals surface area contributed by atoms with Crippen molar-refractivity contribution in [2.45, 2.75) is 51.6 Å². The second-order valence-corrected chi connectivity index (χ2v) is 7.26. The van der Waals surface area contributed by atoms with Crippen molar-refractivity contribution in [3.63, 3.8) is 0 Å². The highest BCUT2D eigenvalue weighted by Gasteiger charge is 2.27. The first kappa shape index (κ1) is 15.2. The maximum atomic E-state index is 12.1. The second-order valence-electron chi connectivity index (χ2n) is 7.26. The van der Waals surface area contributed by atoms with Gasteiger partial charge >= 0.3 is 6.09 Å². The normalized spacial score (nSPS) is 20.0. The second kappa shape index (κ2) is 5.82. The van der Waals surface area contributed by atoms with E-state index in [1.807, 2.05) is 20.8 Å². The molecule has 0 unspecified atom stereocenters. The van der Waals surface area contributed by atoms with Crippen molar-refractivity contribution in [3.05, 3.63) is 11.8 Å². The van der Waals surface area contributed by atoms with Crippen molar-refractivity contribution in [3.8, 4) is 0 Å². The van der Waals surface area contributed by atoms with Crippen LogP contribution in [-0.2, 0) is 4.74 Å². The van der Waals surface area contributed by atoms with E-state index in [0.29, 0.717) is 19.0 Å². The Labute approximate surface area is 131 Å². The van der Waals surface area contributed by atoms with Crippen molar-refractivity contribution in [1.29, 1.82) is 0 Å². The van der Waals surface area contributed by atoms with E-state index in [2.05, 4.69) is 21.2 Å². The van der Waals surface area contributed by atoms with Gasteiger partial charge in [-0.2, -0.15) is 5.10 Å². The number of amides is 1. The lowest BCUT2D eigenvalue weighted by molar-refractivity contribution is 0.0240. The van der Waals surface area contributed by atoms with Gasteiger partial charge < -0.3 is 14.5 Å². The third-order valence-electron chi connectivity index (χ3n) is 4.38. The number of hydrogen-bond donors (Lipinski definition) is 1. The summed E-state index contributed by atoms with van der Waals surface area (Å²) in [5.74, 6) is 1.68. The molecular formula is C16H26N4O2. The first-order valence-corrected chi connectivity index (χ1v) is 8.20. The molecule has 2 fully saturated rings. The fourth-order valence-corrected chi connectivity index (χ4v) is 2.86. The van der Waals surface area contributed by atoms with Gasteiger partial charge in [-0.1, -0.05) is 6.42 Å². The molecule has 6 nitrogen and oxygen atoms in total. The summed E-state index contributed by atoms with van der Waals surface area (Å²) in [6.45, 7) is 8.65. The van der Waals surface area contributed by atoms with Gasteiger partial charge in [-0.3, -0.25) is 5.10 Å². The third kappa shape index (κ3) is 3.36. The maximum absolute atomic E-state index is 12.1. The topological polar surface area (TPSA) is 61.5 Å². The minimum atomic E-state index is -0.436. The zero-order valence-electron chi connectivity index (χ0n) is 13.8. The molecule has 122 valence electrons. The Hall–Kier alpha value is -1.72. The average Bonchev–Trinajstić information content (AvgIpc) is 2.84. The lowest BCUT2D eigenvalue weighted by atomic mass is 9.83. The SMILES string of the molecule is CC(C)(C)OC(=O)N1CCN(c2cc(C3CCC3)[nH]n2)CC1. The van der Waals surface area contributed by atoms with Crippen molar-refractivity contribution in [2.24, 2.45) is 0 Å². The number of aromatic nitrogens is 2. The monoisotopic (exact) mass is 306 g/mol. The quantitative estimate of drug-likeness (QED) is 0.912. The molecule has 0 spiro atoms. The molecule has 1 aromatic rings. The molecule has 0 bridgehead atoms. The average molecular weight is 306 g/mol. The Morgan fingerprint density at radius 3 is 2.50 bits per heavy atom. The van der Waals surface area contributed by atoms with Gasteiger partial charge in [0.1, 0.15) is 5.60 Å². The van der Waals surface area contributed by atoms with Crippen LogP contribution in [0.5, 0.6) is 0 Å². The van der Waals surface area contributed by atoms with Gasteiger partial charge in [-0.25, -0.2) is 4.79 Å². The molecule has 1 saturated carbocycles. The van der Waals surface area contributed by atoms with E-state index in [9.17, 15) is 4.79 Å². The van der Waals surface area contributed by atoms with Crippen molar-refractivity contribution in [2.75, 3.05) is 31.1 Å². The molecular weight excluding hydrogens is 280 g/mol. The molecule has 1 saturated heterocycles. The predicted octanol–water partition coefficient (Wildman–Crippen LogP) is 2.73. The van der Waals surface area contributed by atoms with Crippen LogP contribution < -0.4 is 4.90 Å². The van der Waals surface area contributed by atoms with Gasteiger partial charge in [0.15, 0.2) is 5.82 Å². The number of rotatable bonds is 2. The van der Waals surface area contributed by atoms with Crippen LogP contribution in [0.1, 0.15) is 51.6 Å². The van der Waals surface area contributed by atoms with Crippen LogP contribution >= 0.6 is 0 Å². The minimum Gasteiger partial charge on any atom is -0.444 e. The van der Waals surface area contributed by atoms with Gasteiger partial charge in [0.25, 0.3) is 0 Å². The summed E-state index contributed by atoms with van der Waals surface area (Å²) < 4.78 is 5.42. The lowest BCUT2D eigenvalue weighted by Gasteiger charge is -2.35. The molecule has 0 aromatic carbocycles. The van der Waals surface area contributed by atoms with E-state index >= 15 is 0 Å². The highest BCUT2D eigenvalue weighted by molar-refractivity contribution is 5.68. The fraction of sp³-hybridized carbons (Fsp3) is 0.750. The van der Waals surface area contributed by atoms with Crippen LogP contribution in [0, 0.1) is 0 Å². The molecule has 22 heavy (non-hydrogen) atoms. The summed E-state index contributed by atoms with van der Waals surface area (Å²) >= 11 is 0. The van der Waals surface area contributed by atoms with Crippen LogP contribution in [-0.4, -0.2) is 53.0 Å². The number of nitrogens with zero attached hydrogens (tertiary/aromatic N) is 3. The van der Waals surface area contributed by atoms with Crippen LogP contribution in [0.3, 0.4) is 0 Å². The summed E-state index contributed by atoms with van der Waals surface area (Å²) in [6.07, 6.45) is 3.65. The number of anilines is 1. The number of nitrogens with one attached hydrogen (secondary N) is 1. The van der Waals surface area contributed by atoms with Crippen LogP contribution in [0.25, 0.3) is 0 Å². The van der Waals surface area contributed by atoms with Gasteiger partial charge in [-0.15, -0.1) is 0 Å². The molecule has 6 heteroatoms. The lowest BCUT2D eigenvalue weighted by Crippen LogP contribution is -2.50. The smallest absolute Gasteiger partial charge is 0.410 e. The Bertz CT molecular complexity index is 522. The van der Waals surface area contributed by atoms with Crippen LogP contribution in [0.4, 0.5) is 10.6 Å². The molecule has 1 aliphatic heterocycles. The number of hydrogen-bond acceptors (Lipinski definition) is 4. The molecule has 0 radical (unpaired) electrons. The van der Waals surface area contributed by atoms with E-state index < -0.39 is 5.60 Å². The summed E-state index contributed by atoms with van der Waals surface area (Å²) in [5.41, 5.74) is 0.824. The molecule has 1 amide bonds. The number of H-pyrrole nitrogens is 1. The summed E-state index contributed by atoms with van der Waals surface area (Å²) in [7, 11) is 0. The Morgan fingerprint density at radius 2 is 1.95 bits per heavy atom. The minimum absolute atomic E-state index is 0.218. The Morgan fingerprint density at radius 1 is 1.27 bits per heavy atom. The molecule has 0 atom stereocenters. The Balaban J connectivity index is 1.53. The van der Waals surface area contributed by atoms with Crippen LogP contribution in [0.15, 0.2) is 6.07 Å². The zero-order chi connectivity index (χ0) is 15.7.